The zero-order chi connectivity index (χ0) is 27.6. The summed E-state index contributed by atoms with van der Waals surface area (Å²) in [6, 6.07) is 15.2. The number of aromatic nitrogens is 2. The Labute approximate surface area is 237 Å². The number of guanidine groups is 1. The Balaban J connectivity index is 1.18. The first-order chi connectivity index (χ1) is 19.3. The van der Waals surface area contributed by atoms with Crippen LogP contribution in [0.5, 0.6) is 0 Å². The van der Waals surface area contributed by atoms with Crippen LogP contribution in [0.15, 0.2) is 58.6 Å². The molecule has 2 N–H and O–H groups in total. The van der Waals surface area contributed by atoms with Crippen molar-refractivity contribution in [3.63, 3.8) is 0 Å². The largest absolute Gasteiger partial charge is 0.340 e. The van der Waals surface area contributed by atoms with E-state index in [9.17, 15) is 4.79 Å². The van der Waals surface area contributed by atoms with Crippen molar-refractivity contribution < 1.29 is 0 Å². The van der Waals surface area contributed by atoms with Gasteiger partial charge in [-0.3, -0.25) is 9.36 Å². The highest BCUT2D eigenvalue weighted by atomic mass is 16.1. The summed E-state index contributed by atoms with van der Waals surface area (Å²) in [6.07, 6.45) is 6.20. The number of benzene rings is 2. The van der Waals surface area contributed by atoms with Crippen molar-refractivity contribution in [3.8, 4) is 0 Å². The SMILES string of the molecule is C[C@@H]1[C@@H](/N=C(/Nc2ccc3c(=O)n(C4CCc5ccccc54)cnc3c2)N2CCN[C@@H](C)C2)C[C@H]2C[C@@H]1C2(C)C. The van der Waals surface area contributed by atoms with Crippen LogP contribution in [0.2, 0.25) is 0 Å². The molecule has 4 aliphatic carbocycles. The van der Waals surface area contributed by atoms with Crippen LogP contribution in [0.4, 0.5) is 5.69 Å². The number of hydrogen-bond donors (Lipinski definition) is 2. The van der Waals surface area contributed by atoms with E-state index in [1.54, 1.807) is 6.33 Å². The van der Waals surface area contributed by atoms with Crippen molar-refractivity contribution in [2.45, 2.75) is 71.5 Å². The average Bonchev–Trinajstić information content (AvgIpc) is 3.37. The van der Waals surface area contributed by atoms with Crippen LogP contribution in [0, 0.1) is 23.2 Å². The molecule has 0 radical (unpaired) electrons. The van der Waals surface area contributed by atoms with E-state index in [1.807, 2.05) is 22.8 Å². The number of anilines is 1. The molecular weight excluding hydrogens is 496 g/mol. The summed E-state index contributed by atoms with van der Waals surface area (Å²) in [5.41, 5.74) is 4.71. The van der Waals surface area contributed by atoms with Gasteiger partial charge in [0.1, 0.15) is 0 Å². The first kappa shape index (κ1) is 25.8. The predicted molar refractivity (Wildman–Crippen MR) is 162 cm³/mol. The number of nitrogens with one attached hydrogen (secondary N) is 2. The third-order valence-corrected chi connectivity index (χ3v) is 10.7. The molecule has 7 heteroatoms. The monoisotopic (exact) mass is 538 g/mol. The third-order valence-electron chi connectivity index (χ3n) is 10.7. The van der Waals surface area contributed by atoms with E-state index >= 15 is 0 Å². The van der Waals surface area contributed by atoms with E-state index in [2.05, 4.69) is 67.5 Å². The number of nitrogens with zero attached hydrogens (tertiary/aromatic N) is 4. The number of hydrogen-bond acceptors (Lipinski definition) is 4. The minimum atomic E-state index is 0.0287. The van der Waals surface area contributed by atoms with Gasteiger partial charge in [-0.2, -0.15) is 0 Å². The second-order valence-corrected chi connectivity index (χ2v) is 13.3. The van der Waals surface area contributed by atoms with Gasteiger partial charge in [0.2, 0.25) is 0 Å². The van der Waals surface area contributed by atoms with Crippen molar-refractivity contribution in [3.05, 3.63) is 70.3 Å². The summed E-state index contributed by atoms with van der Waals surface area (Å²) in [7, 11) is 0. The smallest absolute Gasteiger partial charge is 0.261 e. The number of rotatable bonds is 3. The Morgan fingerprint density at radius 1 is 1.15 bits per heavy atom. The fraction of sp³-hybridized carbons (Fsp3) is 0.545. The number of fused-ring (bicyclic) bond motifs is 4. The van der Waals surface area contributed by atoms with E-state index in [-0.39, 0.29) is 11.6 Å². The van der Waals surface area contributed by atoms with Gasteiger partial charge in [-0.25, -0.2) is 9.98 Å². The quantitative estimate of drug-likeness (QED) is 0.360. The number of piperazine rings is 1. The van der Waals surface area contributed by atoms with Crippen molar-refractivity contribution in [2.75, 3.05) is 25.0 Å². The van der Waals surface area contributed by atoms with Gasteiger partial charge in [0.15, 0.2) is 5.96 Å². The number of aryl methyl sites for hydroxylation is 1. The molecule has 2 aromatic carbocycles. The summed E-state index contributed by atoms with van der Waals surface area (Å²) in [5.74, 6) is 3.06. The normalized spacial score (nSPS) is 31.1. The van der Waals surface area contributed by atoms with Crippen LogP contribution in [-0.4, -0.2) is 52.1 Å². The predicted octanol–water partition coefficient (Wildman–Crippen LogP) is 5.06. The van der Waals surface area contributed by atoms with E-state index < -0.39 is 0 Å². The van der Waals surface area contributed by atoms with Gasteiger partial charge in [-0.05, 0) is 85.1 Å². The average molecular weight is 539 g/mol. The molecule has 1 aliphatic heterocycles. The molecule has 5 aliphatic rings. The van der Waals surface area contributed by atoms with Crippen molar-refractivity contribution in [1.29, 1.82) is 0 Å². The summed E-state index contributed by atoms with van der Waals surface area (Å²) >= 11 is 0. The Morgan fingerprint density at radius 3 is 2.80 bits per heavy atom. The Morgan fingerprint density at radius 2 is 2.00 bits per heavy atom. The van der Waals surface area contributed by atoms with Crippen molar-refractivity contribution >= 4 is 22.5 Å². The Kier molecular flexibility index (Phi) is 6.26. The van der Waals surface area contributed by atoms with Gasteiger partial charge < -0.3 is 15.5 Å². The number of aliphatic imine (C=N–C) groups is 1. The minimum absolute atomic E-state index is 0.0287. The molecule has 6 atom stereocenters. The molecule has 8 rings (SSSR count). The highest BCUT2D eigenvalue weighted by Gasteiger charge is 2.56. The lowest BCUT2D eigenvalue weighted by Gasteiger charge is -2.61. The molecule has 0 amide bonds. The summed E-state index contributed by atoms with van der Waals surface area (Å²) in [6.45, 7) is 12.3. The molecule has 2 bridgehead atoms. The molecule has 1 unspecified atom stereocenters. The summed E-state index contributed by atoms with van der Waals surface area (Å²) < 4.78 is 1.83. The third kappa shape index (κ3) is 4.25. The maximum Gasteiger partial charge on any atom is 0.261 e. The maximum atomic E-state index is 13.6. The summed E-state index contributed by atoms with van der Waals surface area (Å²) in [4.78, 5) is 26.2. The maximum absolute atomic E-state index is 13.6. The second kappa shape index (κ2) is 9.72. The Hall–Kier alpha value is -3.19. The topological polar surface area (TPSA) is 74.5 Å². The molecule has 210 valence electrons. The van der Waals surface area contributed by atoms with E-state index in [1.165, 1.54) is 24.0 Å². The zero-order valence-electron chi connectivity index (χ0n) is 24.2. The van der Waals surface area contributed by atoms with Gasteiger partial charge in [-0.1, -0.05) is 45.0 Å². The van der Waals surface area contributed by atoms with Crippen LogP contribution in [-0.2, 0) is 6.42 Å². The molecule has 7 nitrogen and oxygen atoms in total. The fourth-order valence-corrected chi connectivity index (χ4v) is 8.16. The fourth-order valence-electron chi connectivity index (χ4n) is 8.16. The molecule has 3 saturated carbocycles. The lowest BCUT2D eigenvalue weighted by atomic mass is 9.45. The molecule has 2 heterocycles. The van der Waals surface area contributed by atoms with E-state index in [0.29, 0.717) is 28.8 Å². The van der Waals surface area contributed by atoms with E-state index in [4.69, 9.17) is 9.98 Å². The van der Waals surface area contributed by atoms with Crippen molar-refractivity contribution in [1.82, 2.24) is 19.8 Å². The highest BCUT2D eigenvalue weighted by molar-refractivity contribution is 5.96. The molecule has 3 aromatic rings. The van der Waals surface area contributed by atoms with Gasteiger partial charge in [0.05, 0.1) is 29.3 Å². The molecule has 0 spiro atoms. The minimum Gasteiger partial charge on any atom is -0.340 e. The van der Waals surface area contributed by atoms with Crippen LogP contribution in [0.3, 0.4) is 0 Å². The second-order valence-electron chi connectivity index (χ2n) is 13.3. The van der Waals surface area contributed by atoms with Crippen molar-refractivity contribution in [2.24, 2.45) is 28.2 Å². The Bertz CT molecular complexity index is 1520. The molecule has 4 fully saturated rings. The van der Waals surface area contributed by atoms with Crippen LogP contribution >= 0.6 is 0 Å². The first-order valence-corrected chi connectivity index (χ1v) is 15.2. The standard InChI is InChI=1S/C33H42N6O/c1-20-18-38(14-13-34-20)32(37-28-16-23-15-27(21(28)2)33(23,3)4)36-24-10-11-26-29(17-24)35-19-39(31(26)40)30-12-9-22-7-5-6-8-25(22)30/h5-8,10-11,17,19-21,23,27-28,30,34H,9,12-16,18H2,1-4H3,(H,36,37)/t20-,21-,23+,27-,28-,30?/m0/s1. The van der Waals surface area contributed by atoms with Crippen LogP contribution in [0.25, 0.3) is 10.9 Å². The van der Waals surface area contributed by atoms with Gasteiger partial charge >= 0.3 is 0 Å². The molecule has 1 aromatic heterocycles. The first-order valence-electron chi connectivity index (χ1n) is 15.2. The molecule has 40 heavy (non-hydrogen) atoms. The van der Waals surface area contributed by atoms with E-state index in [0.717, 1.165) is 61.5 Å². The zero-order valence-corrected chi connectivity index (χ0v) is 24.2. The van der Waals surface area contributed by atoms with Gasteiger partial charge in [0, 0.05) is 31.4 Å². The molecular formula is C33H42N6O. The molecule has 1 saturated heterocycles. The summed E-state index contributed by atoms with van der Waals surface area (Å²) in [5, 5.41) is 7.90. The van der Waals surface area contributed by atoms with Gasteiger partial charge in [-0.15, -0.1) is 0 Å². The lowest BCUT2D eigenvalue weighted by molar-refractivity contribution is -0.108. The van der Waals surface area contributed by atoms with Crippen LogP contribution in [0.1, 0.15) is 64.1 Å². The lowest BCUT2D eigenvalue weighted by Crippen LogP contribution is -2.57. The van der Waals surface area contributed by atoms with Gasteiger partial charge in [0.25, 0.3) is 5.56 Å². The highest BCUT2D eigenvalue weighted by Crippen LogP contribution is 2.61. The van der Waals surface area contributed by atoms with Crippen LogP contribution < -0.4 is 16.2 Å².